The van der Waals surface area contributed by atoms with Crippen LogP contribution in [0.25, 0.3) is 11.0 Å². The van der Waals surface area contributed by atoms with Crippen molar-refractivity contribution in [1.29, 1.82) is 0 Å². The lowest BCUT2D eigenvalue weighted by atomic mass is 10.1. The Kier molecular flexibility index (Phi) is 2.77. The van der Waals surface area contributed by atoms with E-state index in [0.29, 0.717) is 0 Å². The molecule has 0 aliphatic rings. The van der Waals surface area contributed by atoms with Crippen molar-refractivity contribution in [1.82, 2.24) is 9.55 Å². The van der Waals surface area contributed by atoms with Crippen LogP contribution in [-0.2, 0) is 19.9 Å². The molecule has 3 nitrogen and oxygen atoms in total. The van der Waals surface area contributed by atoms with E-state index >= 15 is 0 Å². The quantitative estimate of drug-likeness (QED) is 0.770. The van der Waals surface area contributed by atoms with E-state index in [4.69, 9.17) is 0 Å². The Hall–Kier alpha value is -1.64. The predicted octanol–water partition coefficient (Wildman–Crippen LogP) is 2.06. The Bertz CT molecular complexity index is 584. The van der Waals surface area contributed by atoms with E-state index in [1.54, 1.807) is 4.57 Å². The van der Waals surface area contributed by atoms with Gasteiger partial charge in [-0.1, -0.05) is 13.8 Å². The molecular weight excluding hydrogens is 200 g/mol. The van der Waals surface area contributed by atoms with E-state index in [0.717, 1.165) is 35.0 Å². The van der Waals surface area contributed by atoms with Crippen molar-refractivity contribution in [2.75, 3.05) is 0 Å². The number of fused-ring (bicyclic) bond motifs is 1. The van der Waals surface area contributed by atoms with E-state index < -0.39 is 0 Å². The predicted molar refractivity (Wildman–Crippen MR) is 65.7 cm³/mol. The summed E-state index contributed by atoms with van der Waals surface area (Å²) in [6, 6.07) is 3.94. The fourth-order valence-electron chi connectivity index (χ4n) is 1.88. The standard InChI is InChI=1S/C13H16N2O/c1-4-9-6-12-11(14-8-9)7-10(5-2)13(16)15(12)3/h6-8H,4-5H2,1-3H3. The fourth-order valence-corrected chi connectivity index (χ4v) is 1.88. The van der Waals surface area contributed by atoms with Gasteiger partial charge in [-0.15, -0.1) is 0 Å². The topological polar surface area (TPSA) is 34.9 Å². The SMILES string of the molecule is CCc1cnc2cc(CC)c(=O)n(C)c2c1. The Morgan fingerprint density at radius 2 is 2.00 bits per heavy atom. The average molecular weight is 216 g/mol. The number of hydrogen-bond donors (Lipinski definition) is 0. The minimum Gasteiger partial charge on any atom is -0.310 e. The van der Waals surface area contributed by atoms with Crippen molar-refractivity contribution in [3.8, 4) is 0 Å². The molecule has 16 heavy (non-hydrogen) atoms. The lowest BCUT2D eigenvalue weighted by Gasteiger charge is -2.08. The lowest BCUT2D eigenvalue weighted by molar-refractivity contribution is 0.871. The van der Waals surface area contributed by atoms with E-state index in [-0.39, 0.29) is 5.56 Å². The van der Waals surface area contributed by atoms with E-state index in [1.807, 2.05) is 32.3 Å². The molecule has 0 atom stereocenters. The molecule has 0 radical (unpaired) electrons. The first kappa shape index (κ1) is 10.9. The van der Waals surface area contributed by atoms with Gasteiger partial charge in [0.2, 0.25) is 0 Å². The summed E-state index contributed by atoms with van der Waals surface area (Å²) in [5.41, 5.74) is 3.89. The highest BCUT2D eigenvalue weighted by atomic mass is 16.1. The maximum absolute atomic E-state index is 11.9. The van der Waals surface area contributed by atoms with Gasteiger partial charge in [0.05, 0.1) is 11.0 Å². The minimum absolute atomic E-state index is 0.0880. The first-order chi connectivity index (χ1) is 7.67. The molecule has 0 saturated heterocycles. The second-order valence-corrected chi connectivity index (χ2v) is 3.99. The molecule has 84 valence electrons. The molecule has 2 aromatic heterocycles. The molecule has 0 aromatic carbocycles. The largest absolute Gasteiger partial charge is 0.310 e. The molecule has 0 aliphatic heterocycles. The first-order valence-electron chi connectivity index (χ1n) is 5.65. The molecule has 2 rings (SSSR count). The maximum Gasteiger partial charge on any atom is 0.254 e. The van der Waals surface area contributed by atoms with E-state index in [1.165, 1.54) is 0 Å². The van der Waals surface area contributed by atoms with Crippen LogP contribution in [-0.4, -0.2) is 9.55 Å². The Morgan fingerprint density at radius 3 is 2.62 bits per heavy atom. The lowest BCUT2D eigenvalue weighted by Crippen LogP contribution is -2.21. The van der Waals surface area contributed by atoms with Crippen molar-refractivity contribution < 1.29 is 0 Å². The van der Waals surface area contributed by atoms with Gasteiger partial charge in [-0.25, -0.2) is 0 Å². The highest BCUT2D eigenvalue weighted by molar-refractivity contribution is 5.75. The van der Waals surface area contributed by atoms with Gasteiger partial charge in [0, 0.05) is 18.8 Å². The van der Waals surface area contributed by atoms with Gasteiger partial charge in [0.1, 0.15) is 0 Å². The van der Waals surface area contributed by atoms with Crippen LogP contribution < -0.4 is 5.56 Å². The van der Waals surface area contributed by atoms with Crippen molar-refractivity contribution in [2.24, 2.45) is 7.05 Å². The second-order valence-electron chi connectivity index (χ2n) is 3.99. The molecule has 2 aromatic rings. The number of aryl methyl sites for hydroxylation is 3. The zero-order valence-electron chi connectivity index (χ0n) is 9.95. The molecule has 0 amide bonds. The summed E-state index contributed by atoms with van der Waals surface area (Å²) in [4.78, 5) is 16.4. The summed E-state index contributed by atoms with van der Waals surface area (Å²) < 4.78 is 1.69. The fraction of sp³-hybridized carbons (Fsp3) is 0.385. The van der Waals surface area contributed by atoms with Gasteiger partial charge >= 0.3 is 0 Å². The third-order valence-corrected chi connectivity index (χ3v) is 2.99. The Balaban J connectivity index is 2.82. The summed E-state index contributed by atoms with van der Waals surface area (Å²) in [7, 11) is 1.81. The average Bonchev–Trinajstić information content (AvgIpc) is 2.33. The molecule has 0 saturated carbocycles. The van der Waals surface area contributed by atoms with Crippen LogP contribution in [0.4, 0.5) is 0 Å². The van der Waals surface area contributed by atoms with Gasteiger partial charge in [-0.05, 0) is 30.5 Å². The summed E-state index contributed by atoms with van der Waals surface area (Å²) >= 11 is 0. The van der Waals surface area contributed by atoms with Crippen molar-refractivity contribution in [3.63, 3.8) is 0 Å². The zero-order valence-corrected chi connectivity index (χ0v) is 9.95. The Labute approximate surface area is 94.7 Å². The van der Waals surface area contributed by atoms with Gasteiger partial charge < -0.3 is 4.57 Å². The number of aromatic nitrogens is 2. The Morgan fingerprint density at radius 1 is 1.25 bits per heavy atom. The van der Waals surface area contributed by atoms with Crippen LogP contribution in [0.2, 0.25) is 0 Å². The van der Waals surface area contributed by atoms with Crippen molar-refractivity contribution in [2.45, 2.75) is 26.7 Å². The number of pyridine rings is 2. The van der Waals surface area contributed by atoms with Gasteiger partial charge in [-0.3, -0.25) is 9.78 Å². The number of hydrogen-bond acceptors (Lipinski definition) is 2. The highest BCUT2D eigenvalue weighted by Gasteiger charge is 2.06. The summed E-state index contributed by atoms with van der Waals surface area (Å²) in [5, 5.41) is 0. The maximum atomic E-state index is 11.9. The van der Waals surface area contributed by atoms with Crippen molar-refractivity contribution >= 4 is 11.0 Å². The molecule has 0 N–H and O–H groups in total. The zero-order chi connectivity index (χ0) is 11.7. The van der Waals surface area contributed by atoms with Crippen LogP contribution in [0.5, 0.6) is 0 Å². The smallest absolute Gasteiger partial charge is 0.254 e. The molecule has 0 aliphatic carbocycles. The van der Waals surface area contributed by atoms with Crippen LogP contribution in [0.3, 0.4) is 0 Å². The first-order valence-corrected chi connectivity index (χ1v) is 5.65. The normalized spacial score (nSPS) is 10.9. The minimum atomic E-state index is 0.0880. The van der Waals surface area contributed by atoms with Crippen molar-refractivity contribution in [3.05, 3.63) is 39.8 Å². The molecule has 0 spiro atoms. The van der Waals surface area contributed by atoms with Crippen LogP contribution >= 0.6 is 0 Å². The monoisotopic (exact) mass is 216 g/mol. The molecule has 3 heteroatoms. The summed E-state index contributed by atoms with van der Waals surface area (Å²) in [6.45, 7) is 4.07. The molecule has 0 fully saturated rings. The molecular formula is C13H16N2O. The summed E-state index contributed by atoms with van der Waals surface area (Å²) in [5.74, 6) is 0. The molecule has 2 heterocycles. The highest BCUT2D eigenvalue weighted by Crippen LogP contribution is 2.13. The van der Waals surface area contributed by atoms with E-state index in [9.17, 15) is 4.79 Å². The van der Waals surface area contributed by atoms with Crippen LogP contribution in [0.1, 0.15) is 25.0 Å². The van der Waals surface area contributed by atoms with Gasteiger partial charge in [0.25, 0.3) is 5.56 Å². The number of nitrogens with zero attached hydrogens (tertiary/aromatic N) is 2. The second kappa shape index (κ2) is 4.08. The third kappa shape index (κ3) is 1.62. The van der Waals surface area contributed by atoms with E-state index in [2.05, 4.69) is 11.9 Å². The number of rotatable bonds is 2. The third-order valence-electron chi connectivity index (χ3n) is 2.99. The van der Waals surface area contributed by atoms with Crippen LogP contribution in [0, 0.1) is 0 Å². The van der Waals surface area contributed by atoms with Gasteiger partial charge in [0.15, 0.2) is 0 Å². The van der Waals surface area contributed by atoms with Gasteiger partial charge in [-0.2, -0.15) is 0 Å². The summed E-state index contributed by atoms with van der Waals surface area (Å²) in [6.07, 6.45) is 3.57. The molecule has 0 unspecified atom stereocenters. The van der Waals surface area contributed by atoms with Crippen LogP contribution in [0.15, 0.2) is 23.1 Å². The molecule has 0 bridgehead atoms.